The summed E-state index contributed by atoms with van der Waals surface area (Å²) in [6, 6.07) is 16.3. The Balaban J connectivity index is 1.17. The summed E-state index contributed by atoms with van der Waals surface area (Å²) in [7, 11) is 0. The van der Waals surface area contributed by atoms with E-state index in [-0.39, 0.29) is 49.2 Å². The van der Waals surface area contributed by atoms with Crippen molar-refractivity contribution < 1.29 is 28.7 Å². The number of amides is 4. The van der Waals surface area contributed by atoms with E-state index in [0.717, 1.165) is 5.56 Å². The molecule has 0 saturated carbocycles. The lowest BCUT2D eigenvalue weighted by atomic mass is 10.0. The molecule has 0 unspecified atom stereocenters. The minimum Gasteiger partial charge on any atom is -0.445 e. The highest BCUT2D eigenvalue weighted by atomic mass is 16.6. The molecular formula is C29H32N4O6. The lowest BCUT2D eigenvalue weighted by Gasteiger charge is -2.37. The Hall–Kier alpha value is -4.34. The summed E-state index contributed by atoms with van der Waals surface area (Å²) in [6.45, 7) is 5.51. The number of carbonyl (C=O) groups excluding carboxylic acids is 4. The van der Waals surface area contributed by atoms with Crippen LogP contribution in [0, 0.1) is 0 Å². The molecule has 4 amide bonds. The Labute approximate surface area is 227 Å². The molecule has 10 heteroatoms. The van der Waals surface area contributed by atoms with Gasteiger partial charge in [-0.25, -0.2) is 9.59 Å². The van der Waals surface area contributed by atoms with Gasteiger partial charge in [0, 0.05) is 37.8 Å². The number of piperidine rings is 1. The van der Waals surface area contributed by atoms with Crippen LogP contribution < -0.4 is 5.32 Å². The van der Waals surface area contributed by atoms with Gasteiger partial charge in [-0.2, -0.15) is 0 Å². The van der Waals surface area contributed by atoms with Gasteiger partial charge in [0.1, 0.15) is 12.7 Å². The van der Waals surface area contributed by atoms with Crippen molar-refractivity contribution in [2.45, 2.75) is 44.2 Å². The monoisotopic (exact) mass is 532 g/mol. The zero-order valence-electron chi connectivity index (χ0n) is 21.7. The third kappa shape index (κ3) is 5.74. The molecule has 0 spiro atoms. The number of hydrogen-bond donors (Lipinski definition) is 1. The van der Waals surface area contributed by atoms with Crippen molar-refractivity contribution in [1.29, 1.82) is 0 Å². The number of rotatable bonds is 7. The first-order chi connectivity index (χ1) is 18.9. The maximum absolute atomic E-state index is 13.4. The van der Waals surface area contributed by atoms with Crippen molar-refractivity contribution in [2.75, 3.05) is 26.2 Å². The topological polar surface area (TPSA) is 108 Å². The molecular weight excluding hydrogens is 500 g/mol. The van der Waals surface area contributed by atoms with Gasteiger partial charge in [-0.1, -0.05) is 55.1 Å². The fraction of sp³-hybridized carbons (Fsp3) is 0.379. The summed E-state index contributed by atoms with van der Waals surface area (Å²) in [5, 5.41) is 2.72. The molecule has 2 atom stereocenters. The SMILES string of the molecule is C=CC(=O)NCc1ccccc1C(=O)N1C[C@@H]2OC(=O)N(C3CCN(C(=O)OCc4ccccc4)CC3)[C@@H]2C1. The Morgan fingerprint density at radius 2 is 1.72 bits per heavy atom. The molecule has 39 heavy (non-hydrogen) atoms. The number of nitrogens with zero attached hydrogens (tertiary/aromatic N) is 3. The molecule has 10 nitrogen and oxygen atoms in total. The summed E-state index contributed by atoms with van der Waals surface area (Å²) >= 11 is 0. The summed E-state index contributed by atoms with van der Waals surface area (Å²) in [5.74, 6) is -0.481. The number of nitrogens with one attached hydrogen (secondary N) is 1. The molecule has 0 bridgehead atoms. The molecule has 5 rings (SSSR count). The van der Waals surface area contributed by atoms with Crippen LogP contribution in [0.25, 0.3) is 0 Å². The molecule has 0 aromatic heterocycles. The molecule has 3 heterocycles. The molecule has 2 aromatic rings. The highest BCUT2D eigenvalue weighted by Crippen LogP contribution is 2.33. The van der Waals surface area contributed by atoms with Crippen LogP contribution in [0.4, 0.5) is 9.59 Å². The minimum absolute atomic E-state index is 0.0814. The highest BCUT2D eigenvalue weighted by Gasteiger charge is 2.51. The number of fused-ring (bicyclic) bond motifs is 1. The number of hydrogen-bond acceptors (Lipinski definition) is 6. The van der Waals surface area contributed by atoms with Crippen molar-refractivity contribution >= 4 is 24.0 Å². The normalized spacial score (nSPS) is 20.8. The van der Waals surface area contributed by atoms with Gasteiger partial charge in [-0.05, 0) is 36.1 Å². The van der Waals surface area contributed by atoms with E-state index in [1.165, 1.54) is 6.08 Å². The first kappa shape index (κ1) is 26.3. The summed E-state index contributed by atoms with van der Waals surface area (Å²) < 4.78 is 11.1. The number of likely N-dealkylation sites (tertiary alicyclic amines) is 2. The van der Waals surface area contributed by atoms with Crippen LogP contribution in [0.5, 0.6) is 0 Å². The summed E-state index contributed by atoms with van der Waals surface area (Å²) in [4.78, 5) is 55.5. The maximum Gasteiger partial charge on any atom is 0.410 e. The van der Waals surface area contributed by atoms with E-state index in [2.05, 4.69) is 11.9 Å². The first-order valence-corrected chi connectivity index (χ1v) is 13.2. The zero-order valence-corrected chi connectivity index (χ0v) is 21.7. The smallest absolute Gasteiger partial charge is 0.410 e. The van der Waals surface area contributed by atoms with Crippen LogP contribution in [0.3, 0.4) is 0 Å². The molecule has 0 aliphatic carbocycles. The number of benzene rings is 2. The second kappa shape index (κ2) is 11.6. The van der Waals surface area contributed by atoms with Crippen LogP contribution >= 0.6 is 0 Å². The quantitative estimate of drug-likeness (QED) is 0.550. The van der Waals surface area contributed by atoms with E-state index in [1.54, 1.807) is 32.9 Å². The minimum atomic E-state index is -0.400. The Morgan fingerprint density at radius 3 is 2.46 bits per heavy atom. The first-order valence-electron chi connectivity index (χ1n) is 13.2. The van der Waals surface area contributed by atoms with Gasteiger partial charge in [-0.15, -0.1) is 0 Å². The average molecular weight is 533 g/mol. The molecule has 204 valence electrons. The van der Waals surface area contributed by atoms with Crippen molar-refractivity contribution in [2.24, 2.45) is 0 Å². The van der Waals surface area contributed by atoms with Gasteiger partial charge in [0.05, 0.1) is 12.6 Å². The van der Waals surface area contributed by atoms with E-state index in [4.69, 9.17) is 9.47 Å². The summed E-state index contributed by atoms with van der Waals surface area (Å²) in [6.07, 6.45) is 1.28. The van der Waals surface area contributed by atoms with Crippen LogP contribution in [0.1, 0.15) is 34.3 Å². The van der Waals surface area contributed by atoms with Gasteiger partial charge in [0.15, 0.2) is 0 Å². The molecule has 1 N–H and O–H groups in total. The number of ether oxygens (including phenoxy) is 2. The molecule has 0 radical (unpaired) electrons. The largest absolute Gasteiger partial charge is 0.445 e. The predicted octanol–water partition coefficient (Wildman–Crippen LogP) is 2.94. The Kier molecular flexibility index (Phi) is 7.81. The third-order valence-electron chi connectivity index (χ3n) is 7.55. The Bertz CT molecular complexity index is 1240. The average Bonchev–Trinajstić information content (AvgIpc) is 3.51. The second-order valence-electron chi connectivity index (χ2n) is 9.94. The van der Waals surface area contributed by atoms with Gasteiger partial charge < -0.3 is 24.6 Å². The zero-order chi connectivity index (χ0) is 27.4. The van der Waals surface area contributed by atoms with E-state index in [0.29, 0.717) is 50.1 Å². The molecule has 2 aromatic carbocycles. The van der Waals surface area contributed by atoms with Crippen molar-refractivity contribution in [3.63, 3.8) is 0 Å². The highest BCUT2D eigenvalue weighted by molar-refractivity contribution is 5.96. The fourth-order valence-electron chi connectivity index (χ4n) is 5.50. The summed E-state index contributed by atoms with van der Waals surface area (Å²) in [5.41, 5.74) is 2.13. The van der Waals surface area contributed by atoms with Crippen LogP contribution in [0.2, 0.25) is 0 Å². The van der Waals surface area contributed by atoms with E-state index >= 15 is 0 Å². The van der Waals surface area contributed by atoms with Gasteiger partial charge in [0.25, 0.3) is 5.91 Å². The Morgan fingerprint density at radius 1 is 1.00 bits per heavy atom. The number of carbonyl (C=O) groups is 4. The van der Waals surface area contributed by atoms with Gasteiger partial charge in [0.2, 0.25) is 5.91 Å². The molecule has 3 aliphatic rings. The van der Waals surface area contributed by atoms with Crippen LogP contribution in [0.15, 0.2) is 67.3 Å². The van der Waals surface area contributed by atoms with Crippen molar-refractivity contribution in [3.8, 4) is 0 Å². The standard InChI is InChI=1S/C29H32N4O6/c1-2-26(34)30-16-21-10-6-7-11-23(21)27(35)32-17-24-25(18-32)39-29(37)33(24)22-12-14-31(15-13-22)28(36)38-19-20-8-4-3-5-9-20/h2-11,22,24-25H,1,12-19H2,(H,30,34)/t24-,25+/m1/s1. The maximum atomic E-state index is 13.4. The van der Waals surface area contributed by atoms with E-state index < -0.39 is 6.10 Å². The second-order valence-corrected chi connectivity index (χ2v) is 9.94. The lowest BCUT2D eigenvalue weighted by Crippen LogP contribution is -2.51. The van der Waals surface area contributed by atoms with Crippen LogP contribution in [-0.2, 0) is 27.4 Å². The molecule has 3 saturated heterocycles. The third-order valence-corrected chi connectivity index (χ3v) is 7.55. The lowest BCUT2D eigenvalue weighted by molar-refractivity contribution is -0.116. The fourth-order valence-corrected chi connectivity index (χ4v) is 5.50. The van der Waals surface area contributed by atoms with Crippen molar-refractivity contribution in [1.82, 2.24) is 20.0 Å². The van der Waals surface area contributed by atoms with Crippen molar-refractivity contribution in [3.05, 3.63) is 83.9 Å². The van der Waals surface area contributed by atoms with Crippen LogP contribution in [-0.4, -0.2) is 83.1 Å². The molecule has 3 fully saturated rings. The predicted molar refractivity (Wildman–Crippen MR) is 142 cm³/mol. The molecule has 3 aliphatic heterocycles. The van der Waals surface area contributed by atoms with Gasteiger partial charge in [-0.3, -0.25) is 14.5 Å². The van der Waals surface area contributed by atoms with E-state index in [1.807, 2.05) is 36.4 Å². The van der Waals surface area contributed by atoms with E-state index in [9.17, 15) is 19.2 Å². The van der Waals surface area contributed by atoms with Gasteiger partial charge >= 0.3 is 12.2 Å².